The van der Waals surface area contributed by atoms with E-state index in [1.165, 1.54) is 25.3 Å². The van der Waals surface area contributed by atoms with Crippen molar-refractivity contribution in [3.05, 3.63) is 64.7 Å². The summed E-state index contributed by atoms with van der Waals surface area (Å²) in [6, 6.07) is 8.22. The number of benzene rings is 2. The van der Waals surface area contributed by atoms with Crippen molar-refractivity contribution in [1.29, 1.82) is 0 Å². The van der Waals surface area contributed by atoms with Gasteiger partial charge in [-0.25, -0.2) is 13.2 Å². The highest BCUT2D eigenvalue weighted by Crippen LogP contribution is 2.32. The summed E-state index contributed by atoms with van der Waals surface area (Å²) in [6.07, 6.45) is 7.92. The highest BCUT2D eigenvalue weighted by Gasteiger charge is 2.36. The van der Waals surface area contributed by atoms with Crippen LogP contribution in [0.1, 0.15) is 61.4 Å². The van der Waals surface area contributed by atoms with Crippen LogP contribution in [0.3, 0.4) is 0 Å². The zero-order valence-electron chi connectivity index (χ0n) is 22.7. The van der Waals surface area contributed by atoms with Gasteiger partial charge in [0.1, 0.15) is 11.6 Å². The molecule has 1 aliphatic heterocycles. The van der Waals surface area contributed by atoms with Crippen LogP contribution in [0.2, 0.25) is 0 Å². The molecule has 2 aliphatic rings. The molecule has 2 aromatic carbocycles. The minimum atomic E-state index is -1.01. The van der Waals surface area contributed by atoms with Crippen LogP contribution in [0, 0.1) is 11.6 Å². The van der Waals surface area contributed by atoms with Crippen LogP contribution in [0.4, 0.5) is 13.2 Å². The highest BCUT2D eigenvalue weighted by molar-refractivity contribution is 5.95. The van der Waals surface area contributed by atoms with E-state index in [4.69, 9.17) is 15.2 Å². The van der Waals surface area contributed by atoms with Gasteiger partial charge in [-0.15, -0.1) is 0 Å². The molecular formula is C30H38F3N3O3. The van der Waals surface area contributed by atoms with E-state index in [2.05, 4.69) is 4.90 Å². The Morgan fingerprint density at radius 3 is 2.62 bits per heavy atom. The average Bonchev–Trinajstić information content (AvgIpc) is 3.53. The minimum Gasteiger partial charge on any atom is -0.493 e. The molecule has 9 heteroatoms. The maximum atomic E-state index is 14.3. The summed E-state index contributed by atoms with van der Waals surface area (Å²) in [5.41, 5.74) is 7.88. The van der Waals surface area contributed by atoms with Crippen molar-refractivity contribution >= 4 is 12.0 Å². The van der Waals surface area contributed by atoms with Crippen LogP contribution in [-0.2, 0) is 0 Å². The van der Waals surface area contributed by atoms with Crippen molar-refractivity contribution in [2.75, 3.05) is 40.1 Å². The predicted molar refractivity (Wildman–Crippen MR) is 145 cm³/mol. The largest absolute Gasteiger partial charge is 0.493 e. The van der Waals surface area contributed by atoms with Gasteiger partial charge in [-0.2, -0.15) is 0 Å². The third-order valence-electron chi connectivity index (χ3n) is 7.76. The number of amides is 1. The van der Waals surface area contributed by atoms with E-state index in [-0.39, 0.29) is 41.1 Å². The lowest BCUT2D eigenvalue weighted by Gasteiger charge is -2.36. The first-order valence-electron chi connectivity index (χ1n) is 13.5. The van der Waals surface area contributed by atoms with Gasteiger partial charge in [0.15, 0.2) is 11.5 Å². The molecular weight excluding hydrogens is 507 g/mol. The summed E-state index contributed by atoms with van der Waals surface area (Å²) in [5.74, 6) is -1.07. The van der Waals surface area contributed by atoms with Gasteiger partial charge in [0, 0.05) is 48.4 Å². The van der Waals surface area contributed by atoms with Gasteiger partial charge < -0.3 is 20.1 Å². The fourth-order valence-electron chi connectivity index (χ4n) is 5.82. The molecule has 0 bridgehead atoms. The Morgan fingerprint density at radius 2 is 1.92 bits per heavy atom. The van der Waals surface area contributed by atoms with Crippen molar-refractivity contribution in [2.24, 2.45) is 5.73 Å². The van der Waals surface area contributed by atoms with Crippen molar-refractivity contribution < 1.29 is 27.4 Å². The van der Waals surface area contributed by atoms with Crippen molar-refractivity contribution in [3.63, 3.8) is 0 Å². The standard InChI is InChI=1S/C30H38F3N3O3/c1-21(14-22-7-9-24(32)16-26(22)33)17-36(29(37)23-8-10-27(39-20-31)28(15-23)38-2)18-25-6-5-13-35(25)19-30(34)11-3-4-12-30/h7-10,14-16,25H,3-6,11-13,17-20,34H2,1-2H3/b21-14+. The first-order chi connectivity index (χ1) is 18.7. The Morgan fingerprint density at radius 1 is 1.15 bits per heavy atom. The van der Waals surface area contributed by atoms with Gasteiger partial charge in [-0.3, -0.25) is 9.69 Å². The van der Waals surface area contributed by atoms with Gasteiger partial charge in [-0.1, -0.05) is 24.5 Å². The number of carbonyl (C=O) groups excluding carboxylic acids is 1. The number of carbonyl (C=O) groups is 1. The second-order valence-electron chi connectivity index (χ2n) is 10.8. The Bertz CT molecular complexity index is 1180. The van der Waals surface area contributed by atoms with Crippen molar-refractivity contribution in [1.82, 2.24) is 9.80 Å². The van der Waals surface area contributed by atoms with Gasteiger partial charge in [0.25, 0.3) is 5.91 Å². The number of hydrogen-bond acceptors (Lipinski definition) is 5. The topological polar surface area (TPSA) is 68.0 Å². The Hall–Kier alpha value is -3.04. The second kappa shape index (κ2) is 12.9. The number of methoxy groups -OCH3 is 1. The molecule has 1 atom stereocenters. The lowest BCUT2D eigenvalue weighted by atomic mass is 9.98. The number of nitrogens with two attached hydrogens (primary N) is 1. The molecule has 212 valence electrons. The summed E-state index contributed by atoms with van der Waals surface area (Å²) in [5, 5.41) is 0. The number of ether oxygens (including phenoxy) is 2. The van der Waals surface area contributed by atoms with Gasteiger partial charge in [0.2, 0.25) is 6.86 Å². The number of likely N-dealkylation sites (tertiary alicyclic amines) is 1. The van der Waals surface area contributed by atoms with Gasteiger partial charge in [-0.05, 0) is 69.5 Å². The molecule has 1 saturated heterocycles. The maximum Gasteiger partial charge on any atom is 0.254 e. The number of hydrogen-bond donors (Lipinski definition) is 1. The Balaban J connectivity index is 1.59. The van der Waals surface area contributed by atoms with Crippen LogP contribution in [-0.4, -0.2) is 67.4 Å². The normalized spacial score (nSPS) is 19.3. The van der Waals surface area contributed by atoms with Gasteiger partial charge in [0.05, 0.1) is 7.11 Å². The van der Waals surface area contributed by atoms with E-state index in [1.54, 1.807) is 23.1 Å². The van der Waals surface area contributed by atoms with Crippen LogP contribution in [0.25, 0.3) is 6.08 Å². The van der Waals surface area contributed by atoms with Crippen molar-refractivity contribution in [3.8, 4) is 11.5 Å². The fourth-order valence-corrected chi connectivity index (χ4v) is 5.82. The molecule has 0 radical (unpaired) electrons. The van der Waals surface area contributed by atoms with E-state index in [1.807, 2.05) is 6.92 Å². The molecule has 1 heterocycles. The molecule has 0 spiro atoms. The number of halogens is 3. The third kappa shape index (κ3) is 7.33. The minimum absolute atomic E-state index is 0.140. The predicted octanol–water partition coefficient (Wildman–Crippen LogP) is 5.56. The van der Waals surface area contributed by atoms with Crippen LogP contribution < -0.4 is 15.2 Å². The zero-order chi connectivity index (χ0) is 28.0. The lowest BCUT2D eigenvalue weighted by Crippen LogP contribution is -2.52. The molecule has 1 amide bonds. The van der Waals surface area contributed by atoms with E-state index in [0.717, 1.165) is 63.3 Å². The van der Waals surface area contributed by atoms with Crippen LogP contribution in [0.5, 0.6) is 11.5 Å². The summed E-state index contributed by atoms with van der Waals surface area (Å²) < 4.78 is 50.8. The second-order valence-corrected chi connectivity index (χ2v) is 10.8. The number of nitrogens with zero attached hydrogens (tertiary/aromatic N) is 2. The molecule has 39 heavy (non-hydrogen) atoms. The molecule has 2 aromatic rings. The summed E-state index contributed by atoms with van der Waals surface area (Å²) >= 11 is 0. The van der Waals surface area contributed by atoms with Crippen molar-refractivity contribution in [2.45, 2.75) is 57.0 Å². The fraction of sp³-hybridized carbons (Fsp3) is 0.500. The monoisotopic (exact) mass is 545 g/mol. The molecule has 0 aromatic heterocycles. The first kappa shape index (κ1) is 29.0. The first-order valence-corrected chi connectivity index (χ1v) is 13.5. The SMILES string of the molecule is COc1cc(C(=O)N(C/C(C)=C/c2ccc(F)cc2F)CC2CCCN2CC2(N)CCCC2)ccc1OCF. The quantitative estimate of drug-likeness (QED) is 0.401. The Kier molecular flexibility index (Phi) is 9.56. The summed E-state index contributed by atoms with van der Waals surface area (Å²) in [6.45, 7) is 3.26. The molecule has 6 nitrogen and oxygen atoms in total. The van der Waals surface area contributed by atoms with E-state index in [0.29, 0.717) is 12.1 Å². The van der Waals surface area contributed by atoms with Crippen LogP contribution in [0.15, 0.2) is 42.0 Å². The maximum absolute atomic E-state index is 14.3. The molecule has 4 rings (SSSR count). The van der Waals surface area contributed by atoms with E-state index >= 15 is 0 Å². The average molecular weight is 546 g/mol. The third-order valence-corrected chi connectivity index (χ3v) is 7.76. The smallest absolute Gasteiger partial charge is 0.254 e. The number of rotatable bonds is 11. The molecule has 1 saturated carbocycles. The Labute approximate surface area is 228 Å². The summed E-state index contributed by atoms with van der Waals surface area (Å²) in [7, 11) is 1.43. The highest BCUT2D eigenvalue weighted by atomic mass is 19.1. The van der Waals surface area contributed by atoms with Gasteiger partial charge >= 0.3 is 0 Å². The van der Waals surface area contributed by atoms with E-state index < -0.39 is 18.5 Å². The van der Waals surface area contributed by atoms with Crippen LogP contribution >= 0.6 is 0 Å². The lowest BCUT2D eigenvalue weighted by molar-refractivity contribution is 0.0710. The zero-order valence-corrected chi connectivity index (χ0v) is 22.7. The van der Waals surface area contributed by atoms with E-state index in [9.17, 15) is 18.0 Å². The molecule has 2 N–H and O–H groups in total. The molecule has 1 unspecified atom stereocenters. The molecule has 2 fully saturated rings. The summed E-state index contributed by atoms with van der Waals surface area (Å²) in [4.78, 5) is 18.0. The molecule has 1 aliphatic carbocycles. The number of alkyl halides is 1.